The molecule has 2 atom stereocenters. The number of aliphatic hydroxyl groups excluding tert-OH is 1. The van der Waals surface area contributed by atoms with Crippen molar-refractivity contribution in [1.29, 1.82) is 0 Å². The van der Waals surface area contributed by atoms with Crippen LogP contribution in [-0.2, 0) is 0 Å². The van der Waals surface area contributed by atoms with Crippen LogP contribution in [0.1, 0.15) is 32.4 Å². The number of halogens is 1. The number of aromatic hydroxyl groups is 1. The van der Waals surface area contributed by atoms with Gasteiger partial charge in [-0.3, -0.25) is 0 Å². The average molecular weight is 246 g/mol. The number of hydrogen-bond donors (Lipinski definition) is 3. The molecule has 1 aromatic rings. The summed E-state index contributed by atoms with van der Waals surface area (Å²) in [4.78, 5) is 0. The quantitative estimate of drug-likeness (QED) is 0.749. The van der Waals surface area contributed by atoms with Crippen LogP contribution in [0.15, 0.2) is 24.3 Å². The van der Waals surface area contributed by atoms with E-state index in [9.17, 15) is 10.2 Å². The molecule has 4 N–H and O–H groups in total. The first-order valence-corrected chi connectivity index (χ1v) is 5.05. The van der Waals surface area contributed by atoms with E-state index in [4.69, 9.17) is 5.73 Å². The molecule has 0 spiro atoms. The predicted octanol–water partition coefficient (Wildman–Crippen LogP) is 2.22. The molecule has 3 nitrogen and oxygen atoms in total. The van der Waals surface area contributed by atoms with Crippen molar-refractivity contribution in [2.24, 2.45) is 11.1 Å². The Labute approximate surface area is 103 Å². The van der Waals surface area contributed by atoms with E-state index in [1.807, 2.05) is 20.8 Å². The van der Waals surface area contributed by atoms with E-state index < -0.39 is 12.1 Å². The lowest BCUT2D eigenvalue weighted by molar-refractivity contribution is 0.0395. The third-order valence-corrected chi connectivity index (χ3v) is 2.52. The Morgan fingerprint density at radius 2 is 1.69 bits per heavy atom. The van der Waals surface area contributed by atoms with Gasteiger partial charge in [0.25, 0.3) is 0 Å². The van der Waals surface area contributed by atoms with Crippen LogP contribution >= 0.6 is 12.4 Å². The minimum Gasteiger partial charge on any atom is -0.508 e. The first-order valence-electron chi connectivity index (χ1n) is 5.05. The van der Waals surface area contributed by atoms with Crippen molar-refractivity contribution in [3.05, 3.63) is 29.8 Å². The van der Waals surface area contributed by atoms with Gasteiger partial charge < -0.3 is 15.9 Å². The van der Waals surface area contributed by atoms with Gasteiger partial charge in [-0.1, -0.05) is 39.0 Å². The van der Waals surface area contributed by atoms with Crippen LogP contribution in [0, 0.1) is 5.41 Å². The van der Waals surface area contributed by atoms with Gasteiger partial charge in [0.05, 0.1) is 12.1 Å². The highest BCUT2D eigenvalue weighted by Crippen LogP contribution is 2.32. The number of aliphatic hydroxyl groups is 1. The monoisotopic (exact) mass is 245 g/mol. The van der Waals surface area contributed by atoms with Crippen molar-refractivity contribution in [3.63, 3.8) is 0 Å². The van der Waals surface area contributed by atoms with Crippen molar-refractivity contribution < 1.29 is 10.2 Å². The Balaban J connectivity index is 0.00000225. The second-order valence-electron chi connectivity index (χ2n) is 4.90. The number of phenols is 1. The minimum atomic E-state index is -0.689. The number of rotatable bonds is 2. The Hall–Kier alpha value is -0.770. The Morgan fingerprint density at radius 1 is 1.19 bits per heavy atom. The van der Waals surface area contributed by atoms with E-state index in [1.54, 1.807) is 24.3 Å². The molecular formula is C12H20ClNO2. The maximum absolute atomic E-state index is 10.00. The molecule has 0 aromatic heterocycles. The molecule has 1 aromatic carbocycles. The second-order valence-corrected chi connectivity index (χ2v) is 4.90. The molecule has 0 unspecified atom stereocenters. The normalized spacial score (nSPS) is 15.1. The van der Waals surface area contributed by atoms with Crippen molar-refractivity contribution >= 4 is 12.4 Å². The fraction of sp³-hybridized carbons (Fsp3) is 0.500. The molecule has 0 saturated carbocycles. The van der Waals surface area contributed by atoms with Crippen LogP contribution < -0.4 is 5.73 Å². The summed E-state index contributed by atoms with van der Waals surface area (Å²) in [7, 11) is 0. The van der Waals surface area contributed by atoms with Gasteiger partial charge in [0.2, 0.25) is 0 Å². The summed E-state index contributed by atoms with van der Waals surface area (Å²) in [5, 5.41) is 19.6. The SMILES string of the molecule is CC(C)(C)[C@H](O)[C@H](N)c1ccccc1O.Cl. The van der Waals surface area contributed by atoms with Gasteiger partial charge in [0.1, 0.15) is 5.75 Å². The summed E-state index contributed by atoms with van der Waals surface area (Å²) in [6, 6.07) is 6.27. The average Bonchev–Trinajstić information content (AvgIpc) is 2.15. The molecule has 0 fully saturated rings. The molecule has 0 aliphatic carbocycles. The van der Waals surface area contributed by atoms with Crippen LogP contribution in [0.3, 0.4) is 0 Å². The van der Waals surface area contributed by atoms with Crippen LogP contribution in [-0.4, -0.2) is 16.3 Å². The predicted molar refractivity (Wildman–Crippen MR) is 67.7 cm³/mol. The van der Waals surface area contributed by atoms with E-state index >= 15 is 0 Å². The molecule has 0 amide bonds. The number of hydrogen-bond acceptors (Lipinski definition) is 3. The van der Waals surface area contributed by atoms with E-state index in [1.165, 1.54) is 0 Å². The zero-order valence-corrected chi connectivity index (χ0v) is 10.7. The van der Waals surface area contributed by atoms with Gasteiger partial charge in [-0.2, -0.15) is 0 Å². The molecule has 0 saturated heterocycles. The van der Waals surface area contributed by atoms with E-state index in [2.05, 4.69) is 0 Å². The maximum atomic E-state index is 10.00. The summed E-state index contributed by atoms with van der Waals surface area (Å²) in [5.41, 5.74) is 6.19. The Kier molecular flexibility index (Phi) is 5.26. The second kappa shape index (κ2) is 5.53. The molecule has 4 heteroatoms. The first-order chi connectivity index (χ1) is 6.84. The summed E-state index contributed by atoms with van der Waals surface area (Å²) in [6.45, 7) is 5.74. The van der Waals surface area contributed by atoms with Gasteiger partial charge in [-0.25, -0.2) is 0 Å². The van der Waals surface area contributed by atoms with Gasteiger partial charge >= 0.3 is 0 Å². The number of para-hydroxylation sites is 1. The number of benzene rings is 1. The molecule has 92 valence electrons. The third-order valence-electron chi connectivity index (χ3n) is 2.52. The summed E-state index contributed by atoms with van der Waals surface area (Å²) in [6.07, 6.45) is -0.689. The Bertz CT molecular complexity index is 336. The Morgan fingerprint density at radius 3 is 2.12 bits per heavy atom. The minimum absolute atomic E-state index is 0. The van der Waals surface area contributed by atoms with E-state index in [0.29, 0.717) is 5.56 Å². The maximum Gasteiger partial charge on any atom is 0.120 e. The lowest BCUT2D eigenvalue weighted by Gasteiger charge is -2.31. The van der Waals surface area contributed by atoms with Crippen molar-refractivity contribution in [2.45, 2.75) is 32.9 Å². The lowest BCUT2D eigenvalue weighted by atomic mass is 9.82. The zero-order valence-electron chi connectivity index (χ0n) is 9.84. The highest BCUT2D eigenvalue weighted by atomic mass is 35.5. The third kappa shape index (κ3) is 3.37. The summed E-state index contributed by atoms with van der Waals surface area (Å²) >= 11 is 0. The molecular weight excluding hydrogens is 226 g/mol. The fourth-order valence-corrected chi connectivity index (χ4v) is 1.48. The first kappa shape index (κ1) is 15.2. The topological polar surface area (TPSA) is 66.5 Å². The van der Waals surface area contributed by atoms with Crippen LogP contribution in [0.2, 0.25) is 0 Å². The van der Waals surface area contributed by atoms with Gasteiger partial charge in [-0.15, -0.1) is 12.4 Å². The van der Waals surface area contributed by atoms with E-state index in [-0.39, 0.29) is 23.6 Å². The van der Waals surface area contributed by atoms with Crippen molar-refractivity contribution in [1.82, 2.24) is 0 Å². The van der Waals surface area contributed by atoms with Crippen molar-refractivity contribution in [2.75, 3.05) is 0 Å². The fourth-order valence-electron chi connectivity index (χ4n) is 1.48. The van der Waals surface area contributed by atoms with Gasteiger partial charge in [0.15, 0.2) is 0 Å². The highest BCUT2D eigenvalue weighted by Gasteiger charge is 2.30. The van der Waals surface area contributed by atoms with Crippen LogP contribution in [0.5, 0.6) is 5.75 Å². The number of phenolic OH excluding ortho intramolecular Hbond substituents is 1. The van der Waals surface area contributed by atoms with Crippen molar-refractivity contribution in [3.8, 4) is 5.75 Å². The van der Waals surface area contributed by atoms with Crippen LogP contribution in [0.4, 0.5) is 0 Å². The van der Waals surface area contributed by atoms with E-state index in [0.717, 1.165) is 0 Å². The van der Waals surface area contributed by atoms with Gasteiger partial charge in [-0.05, 0) is 11.5 Å². The highest BCUT2D eigenvalue weighted by molar-refractivity contribution is 5.85. The molecule has 0 aliphatic heterocycles. The molecule has 0 heterocycles. The summed E-state index contributed by atoms with van der Waals surface area (Å²) < 4.78 is 0. The molecule has 0 aliphatic rings. The molecule has 16 heavy (non-hydrogen) atoms. The zero-order chi connectivity index (χ0) is 11.6. The molecule has 0 radical (unpaired) electrons. The smallest absolute Gasteiger partial charge is 0.120 e. The number of nitrogens with two attached hydrogens (primary N) is 1. The lowest BCUT2D eigenvalue weighted by Crippen LogP contribution is -2.36. The molecule has 1 rings (SSSR count). The largest absolute Gasteiger partial charge is 0.508 e. The standard InChI is InChI=1S/C12H19NO2.ClH/c1-12(2,3)11(15)10(13)8-6-4-5-7-9(8)14;/h4-7,10-11,14-15H,13H2,1-3H3;1H/t10-,11-;/m1./s1. The van der Waals surface area contributed by atoms with Gasteiger partial charge in [0, 0.05) is 5.56 Å². The van der Waals surface area contributed by atoms with Crippen LogP contribution in [0.25, 0.3) is 0 Å². The summed E-state index contributed by atoms with van der Waals surface area (Å²) in [5.74, 6) is 0.133. The molecule has 0 bridgehead atoms.